The lowest BCUT2D eigenvalue weighted by atomic mass is 10.0. The maximum Gasteiger partial charge on any atom is 0.231 e. The average molecular weight is 308 g/mol. The van der Waals surface area contributed by atoms with Gasteiger partial charge in [0.15, 0.2) is 11.5 Å². The van der Waals surface area contributed by atoms with Gasteiger partial charge in [0.05, 0.1) is 5.52 Å². The van der Waals surface area contributed by atoms with Crippen molar-refractivity contribution in [2.75, 3.05) is 25.2 Å². The number of hydrogen-bond donors (Lipinski definition) is 2. The molecule has 1 aromatic heterocycles. The first-order chi connectivity index (χ1) is 11.3. The summed E-state index contributed by atoms with van der Waals surface area (Å²) >= 11 is 0. The number of nitrogens with zero attached hydrogens (tertiary/aromatic N) is 2. The minimum atomic E-state index is 0.275. The van der Waals surface area contributed by atoms with Gasteiger partial charge in [0.2, 0.25) is 6.79 Å². The highest BCUT2D eigenvalue weighted by atomic mass is 16.7. The third-order valence-corrected chi connectivity index (χ3v) is 3.78. The van der Waals surface area contributed by atoms with Crippen molar-refractivity contribution in [3.05, 3.63) is 42.7 Å². The molecule has 116 valence electrons. The molecule has 0 radical (unpaired) electrons. The molecule has 2 aromatic carbocycles. The molecule has 0 saturated heterocycles. The Morgan fingerprint density at radius 3 is 2.74 bits per heavy atom. The van der Waals surface area contributed by atoms with E-state index in [0.717, 1.165) is 39.3 Å². The smallest absolute Gasteiger partial charge is 0.231 e. The minimum absolute atomic E-state index is 0.275. The molecule has 0 unspecified atom stereocenters. The first-order valence-electron chi connectivity index (χ1n) is 7.44. The summed E-state index contributed by atoms with van der Waals surface area (Å²) < 4.78 is 10.8. The summed E-state index contributed by atoms with van der Waals surface area (Å²) in [5.74, 6) is 2.35. The Kier molecular flexibility index (Phi) is 3.44. The minimum Gasteiger partial charge on any atom is -0.454 e. The summed E-state index contributed by atoms with van der Waals surface area (Å²) in [5.41, 5.74) is 8.59. The lowest BCUT2D eigenvalue weighted by molar-refractivity contribution is 0.174. The van der Waals surface area contributed by atoms with E-state index >= 15 is 0 Å². The molecule has 0 saturated carbocycles. The van der Waals surface area contributed by atoms with Gasteiger partial charge in [-0.1, -0.05) is 12.1 Å². The molecule has 0 atom stereocenters. The number of nitrogens with two attached hydrogens (primary N) is 1. The average Bonchev–Trinajstić information content (AvgIpc) is 3.07. The van der Waals surface area contributed by atoms with Crippen LogP contribution in [0.1, 0.15) is 0 Å². The highest BCUT2D eigenvalue weighted by Gasteiger charge is 2.14. The van der Waals surface area contributed by atoms with Crippen molar-refractivity contribution in [3.63, 3.8) is 0 Å². The van der Waals surface area contributed by atoms with Crippen LogP contribution in [-0.4, -0.2) is 29.9 Å². The normalized spacial score (nSPS) is 12.6. The summed E-state index contributed by atoms with van der Waals surface area (Å²) in [6, 6.07) is 12.0. The quantitative estimate of drug-likeness (QED) is 0.770. The fraction of sp³-hybridized carbons (Fsp3) is 0.176. The van der Waals surface area contributed by atoms with Gasteiger partial charge >= 0.3 is 0 Å². The van der Waals surface area contributed by atoms with Gasteiger partial charge in [0.1, 0.15) is 12.1 Å². The summed E-state index contributed by atoms with van der Waals surface area (Å²) in [6.07, 6.45) is 1.56. The monoisotopic (exact) mass is 308 g/mol. The van der Waals surface area contributed by atoms with Crippen LogP contribution < -0.4 is 20.5 Å². The van der Waals surface area contributed by atoms with Crippen molar-refractivity contribution in [2.24, 2.45) is 5.73 Å². The summed E-state index contributed by atoms with van der Waals surface area (Å²) in [5, 5.41) is 4.21. The molecule has 0 fully saturated rings. The molecule has 6 heteroatoms. The molecule has 1 aliphatic rings. The molecule has 0 spiro atoms. The van der Waals surface area contributed by atoms with Crippen molar-refractivity contribution < 1.29 is 9.47 Å². The van der Waals surface area contributed by atoms with Gasteiger partial charge in [-0.2, -0.15) is 0 Å². The standard InChI is InChI=1S/C17H16N4O2/c18-5-6-19-17-13-7-11(1-3-14(13)20-9-21-17)12-2-4-15-16(8-12)23-10-22-15/h1-4,7-9H,5-6,10,18H2,(H,19,20,21). The second-order valence-corrected chi connectivity index (χ2v) is 5.24. The largest absolute Gasteiger partial charge is 0.454 e. The van der Waals surface area contributed by atoms with E-state index < -0.39 is 0 Å². The zero-order valence-electron chi connectivity index (χ0n) is 12.5. The number of anilines is 1. The van der Waals surface area contributed by atoms with Crippen LogP contribution in [0.3, 0.4) is 0 Å². The van der Waals surface area contributed by atoms with E-state index in [1.807, 2.05) is 30.3 Å². The van der Waals surface area contributed by atoms with Crippen LogP contribution in [0, 0.1) is 0 Å². The number of ether oxygens (including phenoxy) is 2. The number of rotatable bonds is 4. The molecule has 0 aliphatic carbocycles. The SMILES string of the molecule is NCCNc1ncnc2ccc(-c3ccc4c(c3)OCO4)cc12. The summed E-state index contributed by atoms with van der Waals surface area (Å²) in [7, 11) is 0. The van der Waals surface area contributed by atoms with Crippen molar-refractivity contribution >= 4 is 16.7 Å². The van der Waals surface area contributed by atoms with Gasteiger partial charge in [-0.05, 0) is 35.4 Å². The molecule has 4 rings (SSSR count). The van der Waals surface area contributed by atoms with Crippen LogP contribution in [0.2, 0.25) is 0 Å². The Labute approximate surface area is 133 Å². The Hall–Kier alpha value is -2.86. The van der Waals surface area contributed by atoms with E-state index in [-0.39, 0.29) is 6.79 Å². The van der Waals surface area contributed by atoms with E-state index in [9.17, 15) is 0 Å². The second-order valence-electron chi connectivity index (χ2n) is 5.24. The van der Waals surface area contributed by atoms with Gasteiger partial charge in [-0.25, -0.2) is 9.97 Å². The van der Waals surface area contributed by atoms with E-state index in [0.29, 0.717) is 13.1 Å². The van der Waals surface area contributed by atoms with E-state index in [1.54, 1.807) is 6.33 Å². The first-order valence-corrected chi connectivity index (χ1v) is 7.44. The third-order valence-electron chi connectivity index (χ3n) is 3.78. The van der Waals surface area contributed by atoms with Gasteiger partial charge in [0.25, 0.3) is 0 Å². The van der Waals surface area contributed by atoms with Crippen LogP contribution in [0.15, 0.2) is 42.7 Å². The number of benzene rings is 2. The summed E-state index contributed by atoms with van der Waals surface area (Å²) in [6.45, 7) is 1.49. The van der Waals surface area contributed by atoms with E-state index in [1.165, 1.54) is 0 Å². The predicted molar refractivity (Wildman–Crippen MR) is 88.6 cm³/mol. The van der Waals surface area contributed by atoms with Crippen molar-refractivity contribution in [3.8, 4) is 22.6 Å². The van der Waals surface area contributed by atoms with Gasteiger partial charge in [-0.15, -0.1) is 0 Å². The van der Waals surface area contributed by atoms with E-state index in [2.05, 4.69) is 21.4 Å². The molecule has 1 aliphatic heterocycles. The number of fused-ring (bicyclic) bond motifs is 2. The Bertz CT molecular complexity index is 866. The van der Waals surface area contributed by atoms with Crippen molar-refractivity contribution in [1.82, 2.24) is 9.97 Å². The fourth-order valence-electron chi connectivity index (χ4n) is 2.64. The molecule has 6 nitrogen and oxygen atoms in total. The van der Waals surface area contributed by atoms with Crippen molar-refractivity contribution in [2.45, 2.75) is 0 Å². The maximum absolute atomic E-state index is 5.56. The van der Waals surface area contributed by atoms with Crippen LogP contribution in [0.25, 0.3) is 22.0 Å². The second kappa shape index (κ2) is 5.73. The number of nitrogens with one attached hydrogen (secondary N) is 1. The van der Waals surface area contributed by atoms with E-state index in [4.69, 9.17) is 15.2 Å². The van der Waals surface area contributed by atoms with Crippen LogP contribution in [-0.2, 0) is 0 Å². The number of aromatic nitrogens is 2. The Morgan fingerprint density at radius 1 is 1.00 bits per heavy atom. The predicted octanol–water partition coefficient (Wildman–Crippen LogP) is 2.40. The van der Waals surface area contributed by atoms with Crippen LogP contribution >= 0.6 is 0 Å². The Morgan fingerprint density at radius 2 is 1.83 bits per heavy atom. The van der Waals surface area contributed by atoms with Gasteiger partial charge in [0, 0.05) is 18.5 Å². The maximum atomic E-state index is 5.56. The molecular formula is C17H16N4O2. The molecule has 0 amide bonds. The van der Waals surface area contributed by atoms with Gasteiger partial charge in [-0.3, -0.25) is 0 Å². The molecule has 3 aromatic rings. The zero-order chi connectivity index (χ0) is 15.6. The molecular weight excluding hydrogens is 292 g/mol. The first kappa shape index (κ1) is 13.8. The van der Waals surface area contributed by atoms with Gasteiger partial charge < -0.3 is 20.5 Å². The lowest BCUT2D eigenvalue weighted by Gasteiger charge is -2.09. The topological polar surface area (TPSA) is 82.3 Å². The molecule has 2 heterocycles. The zero-order valence-corrected chi connectivity index (χ0v) is 12.5. The van der Waals surface area contributed by atoms with Crippen molar-refractivity contribution in [1.29, 1.82) is 0 Å². The molecule has 23 heavy (non-hydrogen) atoms. The molecule has 3 N–H and O–H groups in total. The highest BCUT2D eigenvalue weighted by Crippen LogP contribution is 2.36. The lowest BCUT2D eigenvalue weighted by Crippen LogP contribution is -2.14. The highest BCUT2D eigenvalue weighted by molar-refractivity contribution is 5.92. The number of hydrogen-bond acceptors (Lipinski definition) is 6. The summed E-state index contributed by atoms with van der Waals surface area (Å²) in [4.78, 5) is 8.63. The van der Waals surface area contributed by atoms with Crippen LogP contribution in [0.5, 0.6) is 11.5 Å². The molecule has 0 bridgehead atoms. The third kappa shape index (κ3) is 2.53. The Balaban J connectivity index is 1.78. The fourth-order valence-corrected chi connectivity index (χ4v) is 2.64. The van der Waals surface area contributed by atoms with Crippen LogP contribution in [0.4, 0.5) is 5.82 Å².